The smallest absolute Gasteiger partial charge is 0.335 e. The molecule has 1 N–H and O–H groups in total. The van der Waals surface area contributed by atoms with E-state index in [0.29, 0.717) is 5.56 Å². The van der Waals surface area contributed by atoms with Crippen molar-refractivity contribution in [3.05, 3.63) is 59.7 Å². The van der Waals surface area contributed by atoms with Crippen LogP contribution in [0, 0.1) is 0 Å². The van der Waals surface area contributed by atoms with Crippen molar-refractivity contribution in [3.8, 4) is 11.1 Å². The van der Waals surface area contributed by atoms with Crippen molar-refractivity contribution in [2.24, 2.45) is 0 Å². The Labute approximate surface area is 158 Å². The van der Waals surface area contributed by atoms with Gasteiger partial charge in [0.1, 0.15) is 0 Å². The topological polar surface area (TPSA) is 46.5 Å². The molecule has 0 radical (unpaired) electrons. The Morgan fingerprint density at radius 1 is 1.00 bits per heavy atom. The second-order valence-corrected chi connectivity index (χ2v) is 13.2. The van der Waals surface area contributed by atoms with Crippen molar-refractivity contribution in [1.29, 1.82) is 0 Å². The van der Waals surface area contributed by atoms with Crippen LogP contribution in [0.15, 0.2) is 48.5 Å². The first-order chi connectivity index (χ1) is 12.0. The predicted molar refractivity (Wildman–Crippen MR) is 110 cm³/mol. The van der Waals surface area contributed by atoms with Crippen LogP contribution in [0.4, 0.5) is 0 Å². The lowest BCUT2D eigenvalue weighted by Gasteiger charge is -2.38. The van der Waals surface area contributed by atoms with Crippen molar-refractivity contribution < 1.29 is 14.3 Å². The van der Waals surface area contributed by atoms with Gasteiger partial charge in [0, 0.05) is 6.10 Å². The third kappa shape index (κ3) is 5.05. The fourth-order valence-electron chi connectivity index (χ4n) is 2.69. The van der Waals surface area contributed by atoms with Crippen LogP contribution in [0.3, 0.4) is 0 Å². The molecule has 2 rings (SSSR count). The van der Waals surface area contributed by atoms with E-state index < -0.39 is 14.3 Å². The maximum Gasteiger partial charge on any atom is 0.335 e. The monoisotopic (exact) mass is 370 g/mol. The van der Waals surface area contributed by atoms with Gasteiger partial charge in [-0.3, -0.25) is 0 Å². The number of aromatic carboxylic acids is 1. The third-order valence-corrected chi connectivity index (χ3v) is 9.85. The van der Waals surface area contributed by atoms with E-state index >= 15 is 0 Å². The molecule has 140 valence electrons. The largest absolute Gasteiger partial charge is 0.478 e. The van der Waals surface area contributed by atoms with E-state index in [1.807, 2.05) is 12.1 Å². The van der Waals surface area contributed by atoms with Gasteiger partial charge in [-0.25, -0.2) is 4.79 Å². The summed E-state index contributed by atoms with van der Waals surface area (Å²) in [6.07, 6.45) is 1.08. The number of carboxylic acids is 1. The summed E-state index contributed by atoms with van der Waals surface area (Å²) in [6, 6.07) is 15.4. The summed E-state index contributed by atoms with van der Waals surface area (Å²) in [4.78, 5) is 10.9. The molecule has 0 fully saturated rings. The molecule has 0 aromatic heterocycles. The van der Waals surface area contributed by atoms with Crippen LogP contribution < -0.4 is 0 Å². The van der Waals surface area contributed by atoms with Crippen LogP contribution in [-0.2, 0) is 10.8 Å². The highest BCUT2D eigenvalue weighted by molar-refractivity contribution is 6.74. The van der Waals surface area contributed by atoms with E-state index in [2.05, 4.69) is 65.1 Å². The number of rotatable bonds is 6. The van der Waals surface area contributed by atoms with Crippen LogP contribution in [0.2, 0.25) is 18.1 Å². The van der Waals surface area contributed by atoms with Crippen LogP contribution in [0.5, 0.6) is 0 Å². The molecule has 3 nitrogen and oxygen atoms in total. The quantitative estimate of drug-likeness (QED) is 0.634. The molecule has 4 heteroatoms. The van der Waals surface area contributed by atoms with Crippen LogP contribution >= 0.6 is 0 Å². The third-order valence-electron chi connectivity index (χ3n) is 5.24. The van der Waals surface area contributed by atoms with Crippen LogP contribution in [0.25, 0.3) is 11.1 Å². The van der Waals surface area contributed by atoms with Gasteiger partial charge in [-0.2, -0.15) is 0 Å². The zero-order valence-electron chi connectivity index (χ0n) is 16.7. The zero-order chi connectivity index (χ0) is 19.5. The van der Waals surface area contributed by atoms with Gasteiger partial charge < -0.3 is 9.53 Å². The normalized spacial score (nSPS) is 13.5. The van der Waals surface area contributed by atoms with Gasteiger partial charge in [0.15, 0.2) is 8.32 Å². The van der Waals surface area contributed by atoms with Crippen molar-refractivity contribution in [1.82, 2.24) is 0 Å². The van der Waals surface area contributed by atoms with E-state index in [0.717, 1.165) is 17.5 Å². The second kappa shape index (κ2) is 7.76. The highest BCUT2D eigenvalue weighted by Crippen LogP contribution is 2.37. The van der Waals surface area contributed by atoms with Gasteiger partial charge >= 0.3 is 5.97 Å². The number of benzene rings is 2. The standard InChI is InChI=1S/C22H30O3Si/c1-16(25-26(5,6)22(2,3)4)15-17-7-9-18(10-8-17)19-11-13-20(14-12-19)21(23)24/h7-14,16H,15H2,1-6H3,(H,23,24). The van der Waals surface area contributed by atoms with Crippen molar-refractivity contribution in [3.63, 3.8) is 0 Å². The van der Waals surface area contributed by atoms with Crippen molar-refractivity contribution in [2.75, 3.05) is 0 Å². The molecule has 2 aromatic rings. The lowest BCUT2D eigenvalue weighted by molar-refractivity contribution is 0.0697. The van der Waals surface area contributed by atoms with E-state index in [1.54, 1.807) is 12.1 Å². The van der Waals surface area contributed by atoms with Gasteiger partial charge in [-0.05, 0) is 60.3 Å². The molecule has 0 spiro atoms. The second-order valence-electron chi connectivity index (χ2n) is 8.47. The van der Waals surface area contributed by atoms with Gasteiger partial charge in [-0.1, -0.05) is 57.2 Å². The van der Waals surface area contributed by atoms with E-state index in [4.69, 9.17) is 9.53 Å². The van der Waals surface area contributed by atoms with Gasteiger partial charge in [0.25, 0.3) is 0 Å². The average molecular weight is 371 g/mol. The maximum absolute atomic E-state index is 10.9. The number of carboxylic acid groups (broad SMARTS) is 1. The Morgan fingerprint density at radius 3 is 1.88 bits per heavy atom. The van der Waals surface area contributed by atoms with Crippen molar-refractivity contribution in [2.45, 2.75) is 58.4 Å². The summed E-state index contributed by atoms with van der Waals surface area (Å²) >= 11 is 0. The molecule has 0 aliphatic carbocycles. The highest BCUT2D eigenvalue weighted by Gasteiger charge is 2.38. The molecule has 0 saturated heterocycles. The fourth-order valence-corrected chi connectivity index (χ4v) is 4.13. The predicted octanol–water partition coefficient (Wildman–Crippen LogP) is 6.00. The Kier molecular flexibility index (Phi) is 6.09. The van der Waals surface area contributed by atoms with E-state index in [9.17, 15) is 4.79 Å². The summed E-state index contributed by atoms with van der Waals surface area (Å²) in [7, 11) is -1.75. The van der Waals surface area contributed by atoms with Gasteiger partial charge in [-0.15, -0.1) is 0 Å². The summed E-state index contributed by atoms with van der Waals surface area (Å²) in [5.41, 5.74) is 3.67. The summed E-state index contributed by atoms with van der Waals surface area (Å²) < 4.78 is 6.44. The molecular weight excluding hydrogens is 340 g/mol. The molecule has 26 heavy (non-hydrogen) atoms. The number of hydrogen-bond donors (Lipinski definition) is 1. The zero-order valence-corrected chi connectivity index (χ0v) is 17.7. The molecule has 0 aliphatic heterocycles. The highest BCUT2D eigenvalue weighted by atomic mass is 28.4. The number of hydrogen-bond acceptors (Lipinski definition) is 2. The van der Waals surface area contributed by atoms with E-state index in [1.165, 1.54) is 5.56 Å². The summed E-state index contributed by atoms with van der Waals surface area (Å²) in [6.45, 7) is 13.5. The molecule has 0 aliphatic rings. The first kappa shape index (κ1) is 20.4. The van der Waals surface area contributed by atoms with Crippen LogP contribution in [0.1, 0.15) is 43.6 Å². The lowest BCUT2D eigenvalue weighted by Crippen LogP contribution is -2.43. The molecule has 1 atom stereocenters. The lowest BCUT2D eigenvalue weighted by atomic mass is 10.0. The molecule has 0 amide bonds. The van der Waals surface area contributed by atoms with Crippen LogP contribution in [-0.4, -0.2) is 25.5 Å². The summed E-state index contributed by atoms with van der Waals surface area (Å²) in [5, 5.41) is 9.20. The summed E-state index contributed by atoms with van der Waals surface area (Å²) in [5.74, 6) is -0.900. The van der Waals surface area contributed by atoms with Gasteiger partial charge in [0.2, 0.25) is 0 Å². The first-order valence-electron chi connectivity index (χ1n) is 9.10. The fraction of sp³-hybridized carbons (Fsp3) is 0.409. The Morgan fingerprint density at radius 2 is 1.46 bits per heavy atom. The minimum absolute atomic E-state index is 0.191. The minimum atomic E-state index is -1.75. The first-order valence-corrected chi connectivity index (χ1v) is 12.0. The molecule has 0 saturated carbocycles. The maximum atomic E-state index is 10.9. The molecular formula is C22H30O3Si. The van der Waals surface area contributed by atoms with E-state index in [-0.39, 0.29) is 11.1 Å². The average Bonchev–Trinajstić information content (AvgIpc) is 2.54. The van der Waals surface area contributed by atoms with Crippen molar-refractivity contribution >= 4 is 14.3 Å². The molecule has 0 heterocycles. The van der Waals surface area contributed by atoms with Gasteiger partial charge in [0.05, 0.1) is 5.56 Å². The Bertz CT molecular complexity index is 740. The molecule has 2 aromatic carbocycles. The Balaban J connectivity index is 2.04. The minimum Gasteiger partial charge on any atom is -0.478 e. The SMILES string of the molecule is CC(Cc1ccc(-c2ccc(C(=O)O)cc2)cc1)O[Si](C)(C)C(C)(C)C. The Hall–Kier alpha value is -1.91. The molecule has 1 unspecified atom stereocenters. The number of carbonyl (C=O) groups is 1. The molecule has 0 bridgehead atoms.